The quantitative estimate of drug-likeness (QED) is 0.0971. The Morgan fingerprint density at radius 2 is 1.47 bits per heavy atom. The van der Waals surface area contributed by atoms with E-state index in [1.807, 2.05) is 24.3 Å². The van der Waals surface area contributed by atoms with Gasteiger partial charge in [0.25, 0.3) is 5.56 Å². The Kier molecular flexibility index (Phi) is 7.64. The molecule has 0 saturated heterocycles. The third-order valence-corrected chi connectivity index (χ3v) is 9.19. The van der Waals surface area contributed by atoms with Crippen molar-refractivity contribution >= 4 is 17.3 Å². The van der Waals surface area contributed by atoms with E-state index >= 15 is 0 Å². The summed E-state index contributed by atoms with van der Waals surface area (Å²) in [5.74, 6) is 1.75. The number of aromatic nitrogens is 5. The Balaban J connectivity index is 1.17. The molecule has 6 nitrogen and oxygen atoms in total. The zero-order valence-corrected chi connectivity index (χ0v) is 24.8. The minimum absolute atomic E-state index is 0.196. The van der Waals surface area contributed by atoms with E-state index in [1.165, 1.54) is 36.0 Å². The molecule has 0 N–H and O–H groups in total. The molecule has 228 valence electrons. The molecule has 0 fully saturated rings. The Labute approximate surface area is 260 Å². The van der Waals surface area contributed by atoms with E-state index in [0.717, 1.165) is 76.6 Å². The zero-order valence-electron chi connectivity index (χ0n) is 24.0. The molecule has 0 atom stereocenters. The van der Waals surface area contributed by atoms with Gasteiger partial charge in [-0.1, -0.05) is 66.4 Å². The van der Waals surface area contributed by atoms with Crippen molar-refractivity contribution in [1.29, 1.82) is 0 Å². The van der Waals surface area contributed by atoms with Gasteiger partial charge in [0.2, 0.25) is 0 Å². The molecule has 2 aromatic heterocycles. The Bertz CT molecular complexity index is 1960. The molecule has 0 radical (unpaired) electrons. The van der Waals surface area contributed by atoms with Crippen LogP contribution in [0, 0.1) is 5.82 Å². The number of allylic oxidation sites excluding steroid dienone is 2. The topological polar surface area (TPSA) is 65.6 Å². The van der Waals surface area contributed by atoms with Crippen molar-refractivity contribution in [2.45, 2.75) is 55.9 Å². The summed E-state index contributed by atoms with van der Waals surface area (Å²) in [5.41, 5.74) is 5.40. The van der Waals surface area contributed by atoms with Crippen LogP contribution >= 0.6 is 11.8 Å². The van der Waals surface area contributed by atoms with Crippen LogP contribution in [-0.4, -0.2) is 24.3 Å². The normalized spacial score (nSPS) is 14.0. The summed E-state index contributed by atoms with van der Waals surface area (Å²) in [6, 6.07) is 19.2. The first-order valence-corrected chi connectivity index (χ1v) is 15.6. The summed E-state index contributed by atoms with van der Waals surface area (Å²) in [4.78, 5) is 17.4. The fourth-order valence-electron chi connectivity index (χ4n) is 5.66. The lowest BCUT2D eigenvalue weighted by Crippen LogP contribution is -2.23. The summed E-state index contributed by atoms with van der Waals surface area (Å²) >= 11 is 1.44. The maximum atomic E-state index is 13.4. The lowest BCUT2D eigenvalue weighted by molar-refractivity contribution is -0.137. The number of benzene rings is 3. The third-order valence-electron chi connectivity index (χ3n) is 8.14. The van der Waals surface area contributed by atoms with Gasteiger partial charge in [0.05, 0.1) is 18.7 Å². The molecule has 3 aromatic carbocycles. The lowest BCUT2D eigenvalue weighted by Gasteiger charge is -2.18. The second-order valence-electron chi connectivity index (χ2n) is 11.2. The molecule has 2 aliphatic rings. The van der Waals surface area contributed by atoms with E-state index in [0.29, 0.717) is 36.0 Å². The van der Waals surface area contributed by atoms with Gasteiger partial charge in [-0.05, 0) is 77.8 Å². The van der Waals surface area contributed by atoms with Crippen LogP contribution in [0.3, 0.4) is 0 Å². The van der Waals surface area contributed by atoms with Crippen LogP contribution < -0.4 is 5.56 Å². The number of rotatable bonds is 9. The van der Waals surface area contributed by atoms with Crippen molar-refractivity contribution in [2.75, 3.05) is 0 Å². The Hall–Kier alpha value is -4.51. The van der Waals surface area contributed by atoms with Crippen LogP contribution in [0.25, 0.3) is 16.7 Å². The molecule has 0 aliphatic heterocycles. The van der Waals surface area contributed by atoms with Gasteiger partial charge in [-0.25, -0.2) is 4.39 Å². The van der Waals surface area contributed by atoms with Gasteiger partial charge in [0, 0.05) is 17.0 Å². The van der Waals surface area contributed by atoms with E-state index in [-0.39, 0.29) is 11.4 Å². The number of thioether (sulfide) groups is 1. The van der Waals surface area contributed by atoms with E-state index < -0.39 is 11.7 Å². The van der Waals surface area contributed by atoms with Crippen molar-refractivity contribution in [2.24, 2.45) is 0 Å². The summed E-state index contributed by atoms with van der Waals surface area (Å²) in [6.07, 6.45) is 0.920. The summed E-state index contributed by atoms with van der Waals surface area (Å²) < 4.78 is 56.6. The molecule has 45 heavy (non-hydrogen) atoms. The highest BCUT2D eigenvalue weighted by atomic mass is 32.2. The summed E-state index contributed by atoms with van der Waals surface area (Å²) in [7, 11) is 0. The number of alkyl halides is 3. The van der Waals surface area contributed by atoms with Crippen LogP contribution in [0.1, 0.15) is 52.4 Å². The predicted octanol–water partition coefficient (Wildman–Crippen LogP) is 7.32. The van der Waals surface area contributed by atoms with Gasteiger partial charge in [-0.2, -0.15) is 18.2 Å². The van der Waals surface area contributed by atoms with Gasteiger partial charge < -0.3 is 9.13 Å². The average Bonchev–Trinajstić information content (AvgIpc) is 3.61. The van der Waals surface area contributed by atoms with Gasteiger partial charge >= 0.3 is 6.18 Å². The second kappa shape index (κ2) is 11.8. The fourth-order valence-corrected chi connectivity index (χ4v) is 6.62. The largest absolute Gasteiger partial charge is 0.416 e. The SMILES string of the molecule is O=c1nc(SCc2ccc(F)cc2)n(Cc2nnc(C3=CC3)n2Cc2ccc(-c3ccc(C(F)(F)F)cc3)cc2)c2c1CCC2. The highest BCUT2D eigenvalue weighted by molar-refractivity contribution is 7.98. The number of nitrogens with zero attached hydrogens (tertiary/aromatic N) is 5. The van der Waals surface area contributed by atoms with Crippen molar-refractivity contribution in [3.05, 3.63) is 135 Å². The predicted molar refractivity (Wildman–Crippen MR) is 164 cm³/mol. The minimum atomic E-state index is -4.37. The summed E-state index contributed by atoms with van der Waals surface area (Å²) in [5, 5.41) is 9.69. The highest BCUT2D eigenvalue weighted by Gasteiger charge is 2.30. The molecule has 0 amide bonds. The smallest absolute Gasteiger partial charge is 0.316 e. The maximum Gasteiger partial charge on any atom is 0.416 e. The molecule has 2 heterocycles. The van der Waals surface area contributed by atoms with Crippen LogP contribution in [0.5, 0.6) is 0 Å². The number of hydrogen-bond donors (Lipinski definition) is 0. The standard InChI is InChI=1S/C34H27F4N5OS/c35-27-16-6-22(7-17-27)20-45-33-39-32(44)28-2-1-3-29(28)42(33)19-30-40-41-31(25-10-11-25)43(30)18-21-4-8-23(9-5-21)24-12-14-26(15-13-24)34(36,37)38/h4-10,12-17H,1-3,11,18-20H2. The molecule has 0 spiro atoms. The molecule has 2 aliphatic carbocycles. The molecule has 0 bridgehead atoms. The van der Waals surface area contributed by atoms with Crippen LogP contribution in [0.4, 0.5) is 17.6 Å². The summed E-state index contributed by atoms with van der Waals surface area (Å²) in [6.45, 7) is 0.876. The number of hydrogen-bond acceptors (Lipinski definition) is 5. The Morgan fingerprint density at radius 1 is 0.800 bits per heavy atom. The van der Waals surface area contributed by atoms with Gasteiger partial charge in [0.1, 0.15) is 5.82 Å². The van der Waals surface area contributed by atoms with Gasteiger partial charge in [-0.15, -0.1) is 10.2 Å². The number of fused-ring (bicyclic) bond motifs is 1. The molecule has 11 heteroatoms. The van der Waals surface area contributed by atoms with Crippen molar-refractivity contribution in [1.82, 2.24) is 24.3 Å². The average molecular weight is 630 g/mol. The van der Waals surface area contributed by atoms with Crippen molar-refractivity contribution < 1.29 is 17.6 Å². The maximum absolute atomic E-state index is 13.4. The van der Waals surface area contributed by atoms with E-state index in [9.17, 15) is 22.4 Å². The molecule has 5 aromatic rings. The van der Waals surface area contributed by atoms with Crippen LogP contribution in [-0.2, 0) is 37.9 Å². The highest BCUT2D eigenvalue weighted by Crippen LogP contribution is 2.33. The zero-order chi connectivity index (χ0) is 31.1. The monoisotopic (exact) mass is 629 g/mol. The minimum Gasteiger partial charge on any atom is -0.316 e. The first-order valence-electron chi connectivity index (χ1n) is 14.6. The molecule has 0 saturated carbocycles. The molecular formula is C34H27F4N5OS. The first kappa shape index (κ1) is 29.2. The van der Waals surface area contributed by atoms with Crippen molar-refractivity contribution in [3.8, 4) is 11.1 Å². The third kappa shape index (κ3) is 6.22. The Morgan fingerprint density at radius 3 is 2.13 bits per heavy atom. The van der Waals surface area contributed by atoms with Crippen LogP contribution in [0.15, 0.2) is 88.8 Å². The lowest BCUT2D eigenvalue weighted by atomic mass is 10.0. The molecule has 0 unspecified atom stereocenters. The fraction of sp³-hybridized carbons (Fsp3) is 0.235. The van der Waals surface area contributed by atoms with E-state index in [2.05, 4.69) is 30.4 Å². The molecule has 7 rings (SSSR count). The van der Waals surface area contributed by atoms with E-state index in [4.69, 9.17) is 0 Å². The molecular weight excluding hydrogens is 602 g/mol. The van der Waals surface area contributed by atoms with Crippen molar-refractivity contribution in [3.63, 3.8) is 0 Å². The van der Waals surface area contributed by atoms with Gasteiger partial charge in [0.15, 0.2) is 16.8 Å². The van der Waals surface area contributed by atoms with E-state index in [1.54, 1.807) is 12.1 Å². The second-order valence-corrected chi connectivity index (χ2v) is 12.2. The number of halogens is 4. The van der Waals surface area contributed by atoms with Crippen LogP contribution in [0.2, 0.25) is 0 Å². The van der Waals surface area contributed by atoms with Gasteiger partial charge in [-0.3, -0.25) is 4.79 Å². The first-order chi connectivity index (χ1) is 21.7.